The second-order valence-corrected chi connectivity index (χ2v) is 4.40. The fraction of sp³-hybridized carbons (Fsp3) is 0.0833. The summed E-state index contributed by atoms with van der Waals surface area (Å²) in [5, 5.41) is 10.2. The van der Waals surface area contributed by atoms with Crippen LogP contribution in [0.2, 0.25) is 10.0 Å². The van der Waals surface area contributed by atoms with Crippen LogP contribution in [0.25, 0.3) is 11.1 Å². The lowest BCUT2D eigenvalue weighted by molar-refractivity contribution is 0.277. The third-order valence-electron chi connectivity index (χ3n) is 2.33. The minimum atomic E-state index is -0.258. The Hall–Kier alpha value is -1.29. The van der Waals surface area contributed by atoms with Crippen molar-refractivity contribution in [2.75, 3.05) is 0 Å². The van der Waals surface area contributed by atoms with E-state index in [0.29, 0.717) is 21.3 Å². The van der Waals surface area contributed by atoms with Crippen LogP contribution in [0, 0.1) is 0 Å². The van der Waals surface area contributed by atoms with Gasteiger partial charge in [-0.3, -0.25) is 4.79 Å². The zero-order valence-electron chi connectivity index (χ0n) is 8.71. The Morgan fingerprint density at radius 2 is 1.76 bits per heavy atom. The van der Waals surface area contributed by atoms with Crippen LogP contribution in [0.4, 0.5) is 0 Å². The number of aliphatic hydroxyl groups excluding tert-OH is 1. The van der Waals surface area contributed by atoms with E-state index in [1.165, 1.54) is 6.07 Å². The molecule has 1 aromatic heterocycles. The van der Waals surface area contributed by atoms with Gasteiger partial charge in [-0.05, 0) is 29.8 Å². The SMILES string of the molecule is O=c1ccc(-c2cc(Cl)cc(Cl)c2)c(CO)[nH]1. The lowest BCUT2D eigenvalue weighted by Gasteiger charge is -2.08. The van der Waals surface area contributed by atoms with Gasteiger partial charge in [0.15, 0.2) is 0 Å². The standard InChI is InChI=1S/C12H9Cl2NO2/c13-8-3-7(4-9(14)5-8)10-1-2-12(17)15-11(10)6-16/h1-5,16H,6H2,(H,15,17). The molecule has 0 aliphatic carbocycles. The highest BCUT2D eigenvalue weighted by Crippen LogP contribution is 2.28. The quantitative estimate of drug-likeness (QED) is 0.881. The average Bonchev–Trinajstić information content (AvgIpc) is 2.27. The lowest BCUT2D eigenvalue weighted by Crippen LogP contribution is -2.08. The summed E-state index contributed by atoms with van der Waals surface area (Å²) in [6, 6.07) is 8.09. The van der Waals surface area contributed by atoms with Gasteiger partial charge in [-0.2, -0.15) is 0 Å². The number of nitrogens with one attached hydrogen (secondary N) is 1. The van der Waals surface area contributed by atoms with Gasteiger partial charge >= 0.3 is 0 Å². The minimum absolute atomic E-state index is 0.254. The predicted molar refractivity (Wildman–Crippen MR) is 68.4 cm³/mol. The first-order valence-electron chi connectivity index (χ1n) is 4.89. The number of benzene rings is 1. The Balaban J connectivity index is 2.63. The molecule has 0 aliphatic heterocycles. The molecule has 3 nitrogen and oxygen atoms in total. The summed E-state index contributed by atoms with van der Waals surface area (Å²) in [7, 11) is 0. The Morgan fingerprint density at radius 1 is 1.12 bits per heavy atom. The first-order chi connectivity index (χ1) is 8.10. The zero-order chi connectivity index (χ0) is 12.4. The maximum absolute atomic E-state index is 11.1. The van der Waals surface area contributed by atoms with Crippen molar-refractivity contribution >= 4 is 23.2 Å². The maximum Gasteiger partial charge on any atom is 0.248 e. The van der Waals surface area contributed by atoms with E-state index in [1.807, 2.05) is 0 Å². The van der Waals surface area contributed by atoms with Gasteiger partial charge < -0.3 is 10.1 Å². The van der Waals surface area contributed by atoms with E-state index in [9.17, 15) is 9.90 Å². The number of rotatable bonds is 2. The van der Waals surface area contributed by atoms with Crippen molar-refractivity contribution in [3.8, 4) is 11.1 Å². The molecule has 0 unspecified atom stereocenters. The molecule has 0 saturated heterocycles. The van der Waals surface area contributed by atoms with Gasteiger partial charge in [0.25, 0.3) is 0 Å². The van der Waals surface area contributed by atoms with Crippen LogP contribution in [0.15, 0.2) is 35.1 Å². The summed E-state index contributed by atoms with van der Waals surface area (Å²) in [6.07, 6.45) is 0. The summed E-state index contributed by atoms with van der Waals surface area (Å²) in [6.45, 7) is -0.254. The van der Waals surface area contributed by atoms with Gasteiger partial charge in [0.1, 0.15) is 0 Å². The molecule has 0 spiro atoms. The molecule has 1 aromatic carbocycles. The van der Waals surface area contributed by atoms with Gasteiger partial charge in [-0.15, -0.1) is 0 Å². The molecule has 0 aliphatic rings. The van der Waals surface area contributed by atoms with Crippen LogP contribution >= 0.6 is 23.2 Å². The van der Waals surface area contributed by atoms with E-state index in [0.717, 1.165) is 5.56 Å². The summed E-state index contributed by atoms with van der Waals surface area (Å²) in [5.74, 6) is 0. The van der Waals surface area contributed by atoms with Gasteiger partial charge in [-0.25, -0.2) is 0 Å². The van der Waals surface area contributed by atoms with Gasteiger partial charge in [0, 0.05) is 21.7 Å². The molecular formula is C12H9Cl2NO2. The van der Waals surface area contributed by atoms with Crippen LogP contribution in [-0.2, 0) is 6.61 Å². The molecule has 0 amide bonds. The van der Waals surface area contributed by atoms with Crippen LogP contribution in [-0.4, -0.2) is 10.1 Å². The number of hydrogen-bond donors (Lipinski definition) is 2. The molecule has 0 radical (unpaired) electrons. The van der Waals surface area contributed by atoms with Crippen LogP contribution in [0.3, 0.4) is 0 Å². The van der Waals surface area contributed by atoms with Crippen molar-refractivity contribution in [1.82, 2.24) is 4.98 Å². The van der Waals surface area contributed by atoms with Crippen molar-refractivity contribution in [2.24, 2.45) is 0 Å². The summed E-state index contributed by atoms with van der Waals surface area (Å²) < 4.78 is 0. The highest BCUT2D eigenvalue weighted by molar-refractivity contribution is 6.35. The summed E-state index contributed by atoms with van der Waals surface area (Å²) in [4.78, 5) is 13.7. The first-order valence-corrected chi connectivity index (χ1v) is 5.65. The van der Waals surface area contributed by atoms with E-state index in [-0.39, 0.29) is 12.2 Å². The van der Waals surface area contributed by atoms with E-state index in [2.05, 4.69) is 4.98 Å². The zero-order valence-corrected chi connectivity index (χ0v) is 10.2. The Bertz CT molecular complexity index is 587. The van der Waals surface area contributed by atoms with E-state index in [4.69, 9.17) is 23.2 Å². The van der Waals surface area contributed by atoms with Gasteiger partial charge in [-0.1, -0.05) is 23.2 Å². The van der Waals surface area contributed by atoms with Crippen molar-refractivity contribution in [2.45, 2.75) is 6.61 Å². The van der Waals surface area contributed by atoms with Crippen LogP contribution in [0.5, 0.6) is 0 Å². The third kappa shape index (κ3) is 2.69. The Labute approximate surface area is 108 Å². The van der Waals surface area contributed by atoms with Crippen molar-refractivity contribution in [3.63, 3.8) is 0 Å². The maximum atomic E-state index is 11.1. The molecule has 0 atom stereocenters. The van der Waals surface area contributed by atoms with E-state index < -0.39 is 0 Å². The van der Waals surface area contributed by atoms with Crippen molar-refractivity contribution in [1.29, 1.82) is 0 Å². The largest absolute Gasteiger partial charge is 0.390 e. The number of halogens is 2. The number of H-pyrrole nitrogens is 1. The Morgan fingerprint density at radius 3 is 2.35 bits per heavy atom. The van der Waals surface area contributed by atoms with E-state index >= 15 is 0 Å². The fourth-order valence-corrected chi connectivity index (χ4v) is 2.15. The highest BCUT2D eigenvalue weighted by atomic mass is 35.5. The molecule has 17 heavy (non-hydrogen) atoms. The van der Waals surface area contributed by atoms with Crippen LogP contribution < -0.4 is 5.56 Å². The monoisotopic (exact) mass is 269 g/mol. The highest BCUT2D eigenvalue weighted by Gasteiger charge is 2.07. The summed E-state index contributed by atoms with van der Waals surface area (Å²) in [5.41, 5.74) is 1.64. The smallest absolute Gasteiger partial charge is 0.248 e. The molecular weight excluding hydrogens is 261 g/mol. The average molecular weight is 270 g/mol. The fourth-order valence-electron chi connectivity index (χ4n) is 1.62. The molecule has 0 saturated carbocycles. The molecule has 0 bridgehead atoms. The lowest BCUT2D eigenvalue weighted by atomic mass is 10.0. The molecule has 2 N–H and O–H groups in total. The normalized spacial score (nSPS) is 10.5. The van der Waals surface area contributed by atoms with Crippen molar-refractivity contribution in [3.05, 3.63) is 56.4 Å². The van der Waals surface area contributed by atoms with E-state index in [1.54, 1.807) is 24.3 Å². The molecule has 2 aromatic rings. The molecule has 2 rings (SSSR count). The topological polar surface area (TPSA) is 53.1 Å². The minimum Gasteiger partial charge on any atom is -0.390 e. The third-order valence-corrected chi connectivity index (χ3v) is 2.77. The second-order valence-electron chi connectivity index (χ2n) is 3.53. The number of aromatic amines is 1. The van der Waals surface area contributed by atoms with Gasteiger partial charge in [0.2, 0.25) is 5.56 Å². The first kappa shape index (κ1) is 12.2. The second kappa shape index (κ2) is 4.92. The molecule has 5 heteroatoms. The molecule has 0 fully saturated rings. The summed E-state index contributed by atoms with van der Waals surface area (Å²) >= 11 is 11.8. The molecule has 1 heterocycles. The Kier molecular flexibility index (Phi) is 3.52. The number of pyridine rings is 1. The number of hydrogen-bond acceptors (Lipinski definition) is 2. The predicted octanol–water partition coefficient (Wildman–Crippen LogP) is 2.84. The van der Waals surface area contributed by atoms with Crippen molar-refractivity contribution < 1.29 is 5.11 Å². The number of aliphatic hydroxyl groups is 1. The van der Waals surface area contributed by atoms with Gasteiger partial charge in [0.05, 0.1) is 12.3 Å². The number of aromatic nitrogens is 1. The molecule has 88 valence electrons. The van der Waals surface area contributed by atoms with Crippen LogP contribution in [0.1, 0.15) is 5.69 Å².